The average molecular weight is 383 g/mol. The van der Waals surface area contributed by atoms with E-state index >= 15 is 0 Å². The number of nitrogens with zero attached hydrogens (tertiary/aromatic N) is 2. The normalized spacial score (nSPS) is 15.7. The first-order valence-electron chi connectivity index (χ1n) is 9.79. The summed E-state index contributed by atoms with van der Waals surface area (Å²) in [5.41, 5.74) is 2.22. The summed E-state index contributed by atoms with van der Waals surface area (Å²) in [4.78, 5) is 16.7. The molecule has 0 saturated carbocycles. The number of anilines is 1. The molecule has 2 aromatic rings. The van der Waals surface area contributed by atoms with E-state index in [0.717, 1.165) is 49.7 Å². The summed E-state index contributed by atoms with van der Waals surface area (Å²) in [6, 6.07) is 18.1. The minimum Gasteiger partial charge on any atom is -0.495 e. The van der Waals surface area contributed by atoms with Gasteiger partial charge in [-0.2, -0.15) is 0 Å². The van der Waals surface area contributed by atoms with Crippen molar-refractivity contribution in [1.29, 1.82) is 0 Å². The number of piperazine rings is 1. The molecule has 0 spiro atoms. The summed E-state index contributed by atoms with van der Waals surface area (Å²) in [7, 11) is 1.71. The highest BCUT2D eigenvalue weighted by Crippen LogP contribution is 2.28. The molecule has 1 amide bonds. The summed E-state index contributed by atoms with van der Waals surface area (Å²) in [6.45, 7) is 6.61. The first kappa shape index (κ1) is 20.0. The van der Waals surface area contributed by atoms with E-state index < -0.39 is 0 Å². The summed E-state index contributed by atoms with van der Waals surface area (Å²) < 4.78 is 10.6. The Morgan fingerprint density at radius 2 is 1.71 bits per heavy atom. The molecule has 1 saturated heterocycles. The number of rotatable bonds is 7. The Kier molecular flexibility index (Phi) is 7.14. The van der Waals surface area contributed by atoms with Gasteiger partial charge in [0.05, 0.1) is 25.4 Å². The standard InChI is InChI=1S/C22H29N3O3/c1-3-28-22(26)23-19(18-9-5-4-6-10-18)17-24-13-15-25(16-14-24)20-11-7-8-12-21(20)27-2/h4-12,19H,3,13-17H2,1-2H3,(H,23,26). The number of para-hydroxylation sites is 2. The highest BCUT2D eigenvalue weighted by molar-refractivity contribution is 5.68. The lowest BCUT2D eigenvalue weighted by molar-refractivity contribution is 0.142. The van der Waals surface area contributed by atoms with Crippen LogP contribution in [-0.4, -0.2) is 57.4 Å². The lowest BCUT2D eigenvalue weighted by Crippen LogP contribution is -2.49. The largest absolute Gasteiger partial charge is 0.495 e. The van der Waals surface area contributed by atoms with Crippen molar-refractivity contribution in [2.75, 3.05) is 51.3 Å². The topological polar surface area (TPSA) is 54.0 Å². The smallest absolute Gasteiger partial charge is 0.407 e. The zero-order valence-corrected chi connectivity index (χ0v) is 16.6. The van der Waals surface area contributed by atoms with Crippen LogP contribution in [0.15, 0.2) is 54.6 Å². The second-order valence-electron chi connectivity index (χ2n) is 6.79. The SMILES string of the molecule is CCOC(=O)NC(CN1CCN(c2ccccc2OC)CC1)c1ccccc1. The van der Waals surface area contributed by atoms with Crippen molar-refractivity contribution in [1.82, 2.24) is 10.2 Å². The van der Waals surface area contributed by atoms with Crippen molar-refractivity contribution >= 4 is 11.8 Å². The number of carbonyl (C=O) groups is 1. The van der Waals surface area contributed by atoms with Gasteiger partial charge < -0.3 is 19.7 Å². The number of benzene rings is 2. The van der Waals surface area contributed by atoms with Gasteiger partial charge in [0.1, 0.15) is 5.75 Å². The summed E-state index contributed by atoms with van der Waals surface area (Å²) in [6.07, 6.45) is -0.371. The Hall–Kier alpha value is -2.73. The molecule has 6 heteroatoms. The molecule has 1 aliphatic heterocycles. The van der Waals surface area contributed by atoms with Gasteiger partial charge in [-0.15, -0.1) is 0 Å². The van der Waals surface area contributed by atoms with E-state index in [1.807, 2.05) is 55.5 Å². The van der Waals surface area contributed by atoms with E-state index in [1.54, 1.807) is 7.11 Å². The maximum absolute atomic E-state index is 12.0. The van der Waals surface area contributed by atoms with Crippen LogP contribution < -0.4 is 15.0 Å². The van der Waals surface area contributed by atoms with E-state index in [1.165, 1.54) is 0 Å². The molecule has 150 valence electrons. The Morgan fingerprint density at radius 1 is 1.04 bits per heavy atom. The van der Waals surface area contributed by atoms with Crippen molar-refractivity contribution in [3.05, 3.63) is 60.2 Å². The van der Waals surface area contributed by atoms with Crippen molar-refractivity contribution in [3.8, 4) is 5.75 Å². The molecule has 6 nitrogen and oxygen atoms in total. The molecule has 2 aromatic carbocycles. The number of carbonyl (C=O) groups excluding carboxylic acids is 1. The van der Waals surface area contributed by atoms with Crippen LogP contribution in [-0.2, 0) is 4.74 Å². The summed E-state index contributed by atoms with van der Waals surface area (Å²) in [5, 5.41) is 3.01. The lowest BCUT2D eigenvalue weighted by Gasteiger charge is -2.38. The number of nitrogens with one attached hydrogen (secondary N) is 1. The molecular weight excluding hydrogens is 354 g/mol. The second kappa shape index (κ2) is 9.99. The predicted molar refractivity (Wildman–Crippen MR) is 111 cm³/mol. The lowest BCUT2D eigenvalue weighted by atomic mass is 10.1. The Labute approximate surface area is 167 Å². The van der Waals surface area contributed by atoms with Gasteiger partial charge in [-0.3, -0.25) is 4.90 Å². The Bertz CT molecular complexity index is 746. The molecule has 1 heterocycles. The third kappa shape index (κ3) is 5.16. The van der Waals surface area contributed by atoms with Crippen LogP contribution in [0.4, 0.5) is 10.5 Å². The van der Waals surface area contributed by atoms with Crippen molar-refractivity contribution in [2.45, 2.75) is 13.0 Å². The van der Waals surface area contributed by atoms with Gasteiger partial charge in [0, 0.05) is 32.7 Å². The molecule has 0 aliphatic carbocycles. The number of alkyl carbamates (subject to hydrolysis) is 1. The van der Waals surface area contributed by atoms with Crippen LogP contribution >= 0.6 is 0 Å². The quantitative estimate of drug-likeness (QED) is 0.795. The molecule has 1 atom stereocenters. The van der Waals surface area contributed by atoms with Gasteiger partial charge in [0.2, 0.25) is 0 Å². The summed E-state index contributed by atoms with van der Waals surface area (Å²) >= 11 is 0. The van der Waals surface area contributed by atoms with E-state index in [9.17, 15) is 4.79 Å². The average Bonchev–Trinajstić information content (AvgIpc) is 2.74. The van der Waals surface area contributed by atoms with Crippen LogP contribution in [0.3, 0.4) is 0 Å². The molecular formula is C22H29N3O3. The zero-order chi connectivity index (χ0) is 19.8. The van der Waals surface area contributed by atoms with Gasteiger partial charge in [0.15, 0.2) is 0 Å². The van der Waals surface area contributed by atoms with Crippen LogP contribution in [0.5, 0.6) is 5.75 Å². The predicted octanol–water partition coefficient (Wildman–Crippen LogP) is 3.30. The molecule has 28 heavy (non-hydrogen) atoms. The van der Waals surface area contributed by atoms with Crippen LogP contribution in [0.25, 0.3) is 0 Å². The fourth-order valence-corrected chi connectivity index (χ4v) is 3.56. The molecule has 0 aromatic heterocycles. The number of amides is 1. The van der Waals surface area contributed by atoms with Gasteiger partial charge in [-0.1, -0.05) is 42.5 Å². The molecule has 1 fully saturated rings. The number of hydrogen-bond donors (Lipinski definition) is 1. The fraction of sp³-hybridized carbons (Fsp3) is 0.409. The summed E-state index contributed by atoms with van der Waals surface area (Å²) in [5.74, 6) is 0.905. The third-order valence-corrected chi connectivity index (χ3v) is 5.01. The Morgan fingerprint density at radius 3 is 2.39 bits per heavy atom. The van der Waals surface area contributed by atoms with E-state index in [4.69, 9.17) is 9.47 Å². The number of hydrogen-bond acceptors (Lipinski definition) is 5. The molecule has 1 N–H and O–H groups in total. The minimum absolute atomic E-state index is 0.0990. The maximum atomic E-state index is 12.0. The first-order valence-corrected chi connectivity index (χ1v) is 9.79. The van der Waals surface area contributed by atoms with E-state index in [2.05, 4.69) is 21.2 Å². The van der Waals surface area contributed by atoms with E-state index in [0.29, 0.717) is 6.61 Å². The number of methoxy groups -OCH3 is 1. The van der Waals surface area contributed by atoms with Gasteiger partial charge in [-0.05, 0) is 24.6 Å². The van der Waals surface area contributed by atoms with Gasteiger partial charge in [0.25, 0.3) is 0 Å². The maximum Gasteiger partial charge on any atom is 0.407 e. The highest BCUT2D eigenvalue weighted by Gasteiger charge is 2.23. The minimum atomic E-state index is -0.371. The molecule has 0 bridgehead atoms. The Balaban J connectivity index is 1.62. The first-order chi connectivity index (χ1) is 13.7. The van der Waals surface area contributed by atoms with Gasteiger partial charge in [-0.25, -0.2) is 4.79 Å². The second-order valence-corrected chi connectivity index (χ2v) is 6.79. The van der Waals surface area contributed by atoms with Crippen molar-refractivity contribution in [3.63, 3.8) is 0 Å². The monoisotopic (exact) mass is 383 g/mol. The highest BCUT2D eigenvalue weighted by atomic mass is 16.5. The third-order valence-electron chi connectivity index (χ3n) is 5.01. The van der Waals surface area contributed by atoms with Gasteiger partial charge >= 0.3 is 6.09 Å². The van der Waals surface area contributed by atoms with Crippen LogP contribution in [0, 0.1) is 0 Å². The van der Waals surface area contributed by atoms with Crippen LogP contribution in [0.1, 0.15) is 18.5 Å². The van der Waals surface area contributed by atoms with Crippen LogP contribution in [0.2, 0.25) is 0 Å². The molecule has 1 aliphatic rings. The zero-order valence-electron chi connectivity index (χ0n) is 16.6. The van der Waals surface area contributed by atoms with Crippen molar-refractivity contribution < 1.29 is 14.3 Å². The molecule has 3 rings (SSSR count). The molecule has 1 unspecified atom stereocenters. The molecule has 0 radical (unpaired) electrons. The number of ether oxygens (including phenoxy) is 2. The van der Waals surface area contributed by atoms with Crippen molar-refractivity contribution in [2.24, 2.45) is 0 Å². The fourth-order valence-electron chi connectivity index (χ4n) is 3.56. The van der Waals surface area contributed by atoms with E-state index in [-0.39, 0.29) is 12.1 Å².